The van der Waals surface area contributed by atoms with Gasteiger partial charge in [0.1, 0.15) is 0 Å². The van der Waals surface area contributed by atoms with Gasteiger partial charge in [0.05, 0.1) is 0 Å². The Morgan fingerprint density at radius 3 is 2.36 bits per heavy atom. The van der Waals surface area contributed by atoms with Crippen molar-refractivity contribution in [2.45, 2.75) is 71.4 Å². The number of hydrogen-bond donors (Lipinski definition) is 2. The molecule has 0 aliphatic rings. The second-order valence-corrected chi connectivity index (χ2v) is 4.18. The zero-order chi connectivity index (χ0) is 10.8. The lowest BCUT2D eigenvalue weighted by Crippen LogP contribution is -2.36. The van der Waals surface area contributed by atoms with E-state index < -0.39 is 0 Å². The van der Waals surface area contributed by atoms with Crippen molar-refractivity contribution < 1.29 is 5.11 Å². The molecule has 0 rings (SSSR count). The van der Waals surface area contributed by atoms with Crippen LogP contribution in [0.4, 0.5) is 0 Å². The molecule has 0 unspecified atom stereocenters. The van der Waals surface area contributed by atoms with Gasteiger partial charge in [-0.2, -0.15) is 0 Å². The van der Waals surface area contributed by atoms with Gasteiger partial charge in [-0.3, -0.25) is 0 Å². The Morgan fingerprint density at radius 2 is 1.86 bits per heavy atom. The van der Waals surface area contributed by atoms with E-state index in [4.69, 9.17) is 5.11 Å². The fraction of sp³-hybridized carbons (Fsp3) is 1.00. The first-order chi connectivity index (χ1) is 6.74. The van der Waals surface area contributed by atoms with Crippen LogP contribution in [0.5, 0.6) is 0 Å². The highest BCUT2D eigenvalue weighted by Crippen LogP contribution is 2.06. The summed E-state index contributed by atoms with van der Waals surface area (Å²) in [5, 5.41) is 12.3. The van der Waals surface area contributed by atoms with E-state index in [0.717, 1.165) is 12.8 Å². The summed E-state index contributed by atoms with van der Waals surface area (Å²) >= 11 is 0. The lowest BCUT2D eigenvalue weighted by atomic mass is 10.1. The molecule has 0 heterocycles. The van der Waals surface area contributed by atoms with Crippen LogP contribution >= 0.6 is 0 Å². The Labute approximate surface area is 89.1 Å². The van der Waals surface area contributed by atoms with Crippen LogP contribution < -0.4 is 5.32 Å². The Hall–Kier alpha value is -0.0800. The molecule has 0 saturated carbocycles. The normalized spacial score (nSPS) is 15.4. The first-order valence-corrected chi connectivity index (χ1v) is 6.11. The van der Waals surface area contributed by atoms with Crippen molar-refractivity contribution in [3.8, 4) is 0 Å². The van der Waals surface area contributed by atoms with Crippen LogP contribution in [0.1, 0.15) is 59.3 Å². The minimum atomic E-state index is 0.317. The largest absolute Gasteiger partial charge is 0.396 e. The van der Waals surface area contributed by atoms with E-state index in [-0.39, 0.29) is 0 Å². The number of rotatable bonds is 9. The molecule has 14 heavy (non-hydrogen) atoms. The SMILES string of the molecule is CCCC[C@H](CC)N[C@H](C)CCCO. The highest BCUT2D eigenvalue weighted by atomic mass is 16.2. The van der Waals surface area contributed by atoms with Crippen LogP contribution in [-0.2, 0) is 0 Å². The highest BCUT2D eigenvalue weighted by molar-refractivity contribution is 4.70. The minimum Gasteiger partial charge on any atom is -0.396 e. The number of nitrogens with one attached hydrogen (secondary N) is 1. The van der Waals surface area contributed by atoms with Crippen molar-refractivity contribution in [1.29, 1.82) is 0 Å². The van der Waals surface area contributed by atoms with E-state index in [1.165, 1.54) is 25.7 Å². The molecule has 0 bridgehead atoms. The van der Waals surface area contributed by atoms with Gasteiger partial charge in [0.25, 0.3) is 0 Å². The molecule has 2 N–H and O–H groups in total. The second kappa shape index (κ2) is 9.47. The van der Waals surface area contributed by atoms with E-state index >= 15 is 0 Å². The summed E-state index contributed by atoms with van der Waals surface area (Å²) in [7, 11) is 0. The van der Waals surface area contributed by atoms with Crippen LogP contribution in [0.25, 0.3) is 0 Å². The number of aliphatic hydroxyl groups excluding tert-OH is 1. The molecule has 0 radical (unpaired) electrons. The molecule has 0 amide bonds. The Kier molecular flexibility index (Phi) is 9.42. The van der Waals surface area contributed by atoms with E-state index in [9.17, 15) is 0 Å². The van der Waals surface area contributed by atoms with Gasteiger partial charge < -0.3 is 10.4 Å². The zero-order valence-electron chi connectivity index (χ0n) is 10.1. The van der Waals surface area contributed by atoms with Crippen molar-refractivity contribution in [1.82, 2.24) is 5.32 Å². The van der Waals surface area contributed by atoms with Gasteiger partial charge in [0, 0.05) is 18.7 Å². The average molecular weight is 201 g/mol. The van der Waals surface area contributed by atoms with Gasteiger partial charge in [-0.15, -0.1) is 0 Å². The van der Waals surface area contributed by atoms with Gasteiger partial charge in [-0.25, -0.2) is 0 Å². The smallest absolute Gasteiger partial charge is 0.0431 e. The number of unbranched alkanes of at least 4 members (excludes halogenated alkanes) is 1. The van der Waals surface area contributed by atoms with Gasteiger partial charge in [0.2, 0.25) is 0 Å². The van der Waals surface area contributed by atoms with Crippen molar-refractivity contribution in [3.05, 3.63) is 0 Å². The molecule has 0 aromatic carbocycles. The maximum atomic E-state index is 8.72. The Morgan fingerprint density at radius 1 is 1.14 bits per heavy atom. The third-order valence-corrected chi connectivity index (χ3v) is 2.71. The third-order valence-electron chi connectivity index (χ3n) is 2.71. The van der Waals surface area contributed by atoms with E-state index in [2.05, 4.69) is 26.1 Å². The Balaban J connectivity index is 3.57. The first kappa shape index (κ1) is 13.9. The monoisotopic (exact) mass is 201 g/mol. The lowest BCUT2D eigenvalue weighted by Gasteiger charge is -2.22. The first-order valence-electron chi connectivity index (χ1n) is 6.11. The fourth-order valence-electron chi connectivity index (χ4n) is 1.74. The van der Waals surface area contributed by atoms with E-state index in [1.807, 2.05) is 0 Å². The van der Waals surface area contributed by atoms with Gasteiger partial charge in [-0.1, -0.05) is 26.7 Å². The molecular weight excluding hydrogens is 174 g/mol. The second-order valence-electron chi connectivity index (χ2n) is 4.18. The zero-order valence-corrected chi connectivity index (χ0v) is 10.1. The molecular formula is C12H27NO. The summed E-state index contributed by atoms with van der Waals surface area (Å²) < 4.78 is 0. The van der Waals surface area contributed by atoms with Crippen LogP contribution in [0.3, 0.4) is 0 Å². The maximum absolute atomic E-state index is 8.72. The molecule has 2 nitrogen and oxygen atoms in total. The number of hydrogen-bond acceptors (Lipinski definition) is 2. The molecule has 0 saturated heterocycles. The van der Waals surface area contributed by atoms with Gasteiger partial charge in [-0.05, 0) is 32.6 Å². The summed E-state index contributed by atoms with van der Waals surface area (Å²) in [6.07, 6.45) is 7.10. The van der Waals surface area contributed by atoms with Crippen molar-refractivity contribution in [2.24, 2.45) is 0 Å². The van der Waals surface area contributed by atoms with Crippen LogP contribution in [-0.4, -0.2) is 23.8 Å². The standard InChI is InChI=1S/C12H27NO/c1-4-6-9-12(5-2)13-11(3)8-7-10-14/h11-14H,4-10H2,1-3H3/t11-,12+/m1/s1. The quantitative estimate of drug-likeness (QED) is 0.601. The third kappa shape index (κ3) is 7.34. The maximum Gasteiger partial charge on any atom is 0.0431 e. The Bertz CT molecular complexity index is 117. The summed E-state index contributed by atoms with van der Waals surface area (Å²) in [6, 6.07) is 1.22. The topological polar surface area (TPSA) is 32.3 Å². The van der Waals surface area contributed by atoms with E-state index in [1.54, 1.807) is 0 Å². The summed E-state index contributed by atoms with van der Waals surface area (Å²) in [4.78, 5) is 0. The van der Waals surface area contributed by atoms with Gasteiger partial charge >= 0.3 is 0 Å². The molecule has 0 fully saturated rings. The molecule has 0 aliphatic carbocycles. The molecule has 86 valence electrons. The predicted molar refractivity (Wildman–Crippen MR) is 62.5 cm³/mol. The molecule has 0 spiro atoms. The van der Waals surface area contributed by atoms with E-state index in [0.29, 0.717) is 18.7 Å². The molecule has 0 aliphatic heterocycles. The van der Waals surface area contributed by atoms with Crippen molar-refractivity contribution in [3.63, 3.8) is 0 Å². The predicted octanol–water partition coefficient (Wildman–Crippen LogP) is 2.71. The highest BCUT2D eigenvalue weighted by Gasteiger charge is 2.08. The number of aliphatic hydroxyl groups is 1. The van der Waals surface area contributed by atoms with Gasteiger partial charge in [0.15, 0.2) is 0 Å². The molecule has 2 heteroatoms. The molecule has 0 aromatic rings. The summed E-state index contributed by atoms with van der Waals surface area (Å²) in [6.45, 7) is 7.01. The average Bonchev–Trinajstić information content (AvgIpc) is 2.21. The lowest BCUT2D eigenvalue weighted by molar-refractivity contribution is 0.272. The van der Waals surface area contributed by atoms with Crippen LogP contribution in [0.2, 0.25) is 0 Å². The summed E-state index contributed by atoms with van der Waals surface area (Å²) in [5.41, 5.74) is 0. The van der Waals surface area contributed by atoms with Crippen LogP contribution in [0, 0.1) is 0 Å². The fourth-order valence-corrected chi connectivity index (χ4v) is 1.74. The van der Waals surface area contributed by atoms with Crippen molar-refractivity contribution in [2.75, 3.05) is 6.61 Å². The van der Waals surface area contributed by atoms with Crippen LogP contribution in [0.15, 0.2) is 0 Å². The molecule has 2 atom stereocenters. The summed E-state index contributed by atoms with van der Waals surface area (Å²) in [5.74, 6) is 0. The molecule has 0 aromatic heterocycles. The van der Waals surface area contributed by atoms with Crippen molar-refractivity contribution >= 4 is 0 Å². The minimum absolute atomic E-state index is 0.317.